The van der Waals surface area contributed by atoms with Crippen LogP contribution in [0.4, 0.5) is 10.1 Å². The van der Waals surface area contributed by atoms with Crippen molar-refractivity contribution in [3.63, 3.8) is 0 Å². The minimum atomic E-state index is -3.27. The number of fused-ring (bicyclic) bond motifs is 1. The third-order valence-corrected chi connectivity index (χ3v) is 5.34. The smallest absolute Gasteiger partial charge is 0.299 e. The fourth-order valence-corrected chi connectivity index (χ4v) is 3.34. The normalized spacial score (nSPS) is 14.8. The number of carbonyl (C=O) groups excluding carboxylic acids is 2. The molecule has 0 radical (unpaired) electrons. The molecule has 0 aromatic heterocycles. The number of rotatable bonds is 4. The average molecular weight is 364 g/mol. The highest BCUT2D eigenvalue weighted by Gasteiger charge is 2.38. The SMILES string of the molecule is CCS(=O)(=O)CCN1C(=O)C(=O)c2cc(F)cc(Br)c21. The molecule has 0 bridgehead atoms. The Morgan fingerprint density at radius 2 is 1.95 bits per heavy atom. The highest BCUT2D eigenvalue weighted by molar-refractivity contribution is 9.10. The molecular formula is C12H11BrFNO4S. The summed E-state index contributed by atoms with van der Waals surface area (Å²) in [6.45, 7) is 1.38. The molecule has 108 valence electrons. The Morgan fingerprint density at radius 3 is 2.55 bits per heavy atom. The maximum Gasteiger partial charge on any atom is 0.299 e. The largest absolute Gasteiger partial charge is 0.303 e. The van der Waals surface area contributed by atoms with Crippen LogP contribution in [-0.2, 0) is 14.6 Å². The van der Waals surface area contributed by atoms with E-state index in [0.717, 1.165) is 17.0 Å². The number of amides is 1. The maximum atomic E-state index is 13.3. The number of hydrogen-bond donors (Lipinski definition) is 0. The molecule has 1 heterocycles. The molecule has 5 nitrogen and oxygen atoms in total. The average Bonchev–Trinajstić information content (AvgIpc) is 2.61. The third kappa shape index (κ3) is 2.62. The maximum absolute atomic E-state index is 13.3. The summed E-state index contributed by atoms with van der Waals surface area (Å²) in [5.74, 6) is -2.59. The van der Waals surface area contributed by atoms with E-state index >= 15 is 0 Å². The second-order valence-electron chi connectivity index (χ2n) is 4.31. The predicted molar refractivity (Wildman–Crippen MR) is 75.1 cm³/mol. The van der Waals surface area contributed by atoms with Crippen molar-refractivity contribution in [1.29, 1.82) is 0 Å². The number of sulfone groups is 1. The second kappa shape index (κ2) is 5.25. The fourth-order valence-electron chi connectivity index (χ4n) is 1.94. The van der Waals surface area contributed by atoms with Crippen LogP contribution in [0.15, 0.2) is 16.6 Å². The first-order valence-electron chi connectivity index (χ1n) is 5.82. The van der Waals surface area contributed by atoms with Crippen molar-refractivity contribution in [2.45, 2.75) is 6.92 Å². The number of anilines is 1. The van der Waals surface area contributed by atoms with E-state index in [2.05, 4.69) is 15.9 Å². The number of ketones is 1. The van der Waals surface area contributed by atoms with Gasteiger partial charge >= 0.3 is 0 Å². The zero-order valence-electron chi connectivity index (χ0n) is 10.5. The van der Waals surface area contributed by atoms with Gasteiger partial charge in [-0.3, -0.25) is 9.59 Å². The topological polar surface area (TPSA) is 71.5 Å². The fraction of sp³-hybridized carbons (Fsp3) is 0.333. The molecule has 2 rings (SSSR count). The minimum Gasteiger partial charge on any atom is -0.303 e. The van der Waals surface area contributed by atoms with Gasteiger partial charge in [0.2, 0.25) is 0 Å². The van der Waals surface area contributed by atoms with Gasteiger partial charge in [-0.25, -0.2) is 12.8 Å². The molecule has 20 heavy (non-hydrogen) atoms. The first-order chi connectivity index (χ1) is 9.26. The van der Waals surface area contributed by atoms with Gasteiger partial charge in [0.25, 0.3) is 11.7 Å². The predicted octanol–water partition coefficient (Wildman–Crippen LogP) is 1.55. The summed E-state index contributed by atoms with van der Waals surface area (Å²) in [7, 11) is -3.27. The van der Waals surface area contributed by atoms with Crippen LogP contribution < -0.4 is 4.90 Å². The van der Waals surface area contributed by atoms with Gasteiger partial charge in [0, 0.05) is 16.8 Å². The minimum absolute atomic E-state index is 0.0412. The van der Waals surface area contributed by atoms with E-state index in [-0.39, 0.29) is 33.8 Å². The Hall–Kier alpha value is -1.28. The van der Waals surface area contributed by atoms with Crippen LogP contribution in [0.3, 0.4) is 0 Å². The number of nitrogens with zero attached hydrogens (tertiary/aromatic N) is 1. The van der Waals surface area contributed by atoms with E-state index in [1.54, 1.807) is 0 Å². The van der Waals surface area contributed by atoms with Gasteiger partial charge in [0.05, 0.1) is 17.0 Å². The molecule has 0 saturated carbocycles. The van der Waals surface area contributed by atoms with Gasteiger partial charge in [0.1, 0.15) is 5.82 Å². The van der Waals surface area contributed by atoms with E-state index in [0.29, 0.717) is 0 Å². The summed E-state index contributed by atoms with van der Waals surface area (Å²) in [4.78, 5) is 24.7. The Kier molecular flexibility index (Phi) is 3.97. The van der Waals surface area contributed by atoms with Gasteiger partial charge in [-0.2, -0.15) is 0 Å². The van der Waals surface area contributed by atoms with Crippen molar-refractivity contribution in [3.8, 4) is 0 Å². The van der Waals surface area contributed by atoms with Crippen molar-refractivity contribution < 1.29 is 22.4 Å². The molecule has 0 atom stereocenters. The zero-order valence-corrected chi connectivity index (χ0v) is 12.9. The van der Waals surface area contributed by atoms with Crippen molar-refractivity contribution in [2.75, 3.05) is 23.0 Å². The molecule has 1 aliphatic rings. The molecule has 0 N–H and O–H groups in total. The van der Waals surface area contributed by atoms with Crippen LogP contribution >= 0.6 is 15.9 Å². The summed E-state index contributed by atoms with van der Waals surface area (Å²) in [5.41, 5.74) is 0.184. The van der Waals surface area contributed by atoms with Crippen LogP contribution in [0, 0.1) is 5.82 Å². The summed E-state index contributed by atoms with van der Waals surface area (Å²) in [5, 5.41) is 0. The van der Waals surface area contributed by atoms with E-state index in [1.165, 1.54) is 6.92 Å². The molecule has 0 aliphatic carbocycles. The van der Waals surface area contributed by atoms with E-state index < -0.39 is 27.3 Å². The van der Waals surface area contributed by atoms with Crippen molar-refractivity contribution >= 4 is 43.1 Å². The lowest BCUT2D eigenvalue weighted by atomic mass is 10.1. The van der Waals surface area contributed by atoms with Crippen LogP contribution in [0.25, 0.3) is 0 Å². The van der Waals surface area contributed by atoms with Crippen molar-refractivity contribution in [2.24, 2.45) is 0 Å². The Balaban J connectivity index is 2.39. The van der Waals surface area contributed by atoms with Gasteiger partial charge in [-0.15, -0.1) is 0 Å². The van der Waals surface area contributed by atoms with Crippen molar-refractivity contribution in [3.05, 3.63) is 28.0 Å². The lowest BCUT2D eigenvalue weighted by Gasteiger charge is -2.17. The second-order valence-corrected chi connectivity index (χ2v) is 7.63. The molecular weight excluding hydrogens is 353 g/mol. The lowest BCUT2D eigenvalue weighted by Crippen LogP contribution is -2.34. The number of Topliss-reactive ketones (excluding diaryl/α,β-unsaturated/α-hetero) is 1. The van der Waals surface area contributed by atoms with Gasteiger partial charge in [-0.05, 0) is 28.1 Å². The van der Waals surface area contributed by atoms with Crippen LogP contribution in [0.5, 0.6) is 0 Å². The van der Waals surface area contributed by atoms with Gasteiger partial charge in [0.15, 0.2) is 9.84 Å². The number of hydrogen-bond acceptors (Lipinski definition) is 4. The zero-order chi connectivity index (χ0) is 15.1. The lowest BCUT2D eigenvalue weighted by molar-refractivity contribution is -0.114. The first kappa shape index (κ1) is 15.1. The van der Waals surface area contributed by atoms with Gasteiger partial charge in [-0.1, -0.05) is 6.92 Å². The summed E-state index contributed by atoms with van der Waals surface area (Å²) in [6.07, 6.45) is 0. The molecule has 1 aromatic carbocycles. The number of carbonyl (C=O) groups is 2. The third-order valence-electron chi connectivity index (χ3n) is 3.05. The first-order valence-corrected chi connectivity index (χ1v) is 8.44. The van der Waals surface area contributed by atoms with Crippen molar-refractivity contribution in [1.82, 2.24) is 0 Å². The number of benzene rings is 1. The summed E-state index contributed by atoms with van der Waals surface area (Å²) in [6, 6.07) is 2.11. The van der Waals surface area contributed by atoms with E-state index in [1.807, 2.05) is 0 Å². The molecule has 0 unspecified atom stereocenters. The Labute approximate surface area is 123 Å². The molecule has 1 aromatic rings. The summed E-state index contributed by atoms with van der Waals surface area (Å²) < 4.78 is 36.5. The van der Waals surface area contributed by atoms with Crippen LogP contribution in [0.1, 0.15) is 17.3 Å². The van der Waals surface area contributed by atoms with Crippen LogP contribution in [0.2, 0.25) is 0 Å². The van der Waals surface area contributed by atoms with Crippen LogP contribution in [-0.4, -0.2) is 38.2 Å². The Bertz CT molecular complexity index is 702. The van der Waals surface area contributed by atoms with E-state index in [4.69, 9.17) is 0 Å². The Morgan fingerprint density at radius 1 is 1.30 bits per heavy atom. The number of halogens is 2. The molecule has 0 saturated heterocycles. The molecule has 1 aliphatic heterocycles. The van der Waals surface area contributed by atoms with E-state index in [9.17, 15) is 22.4 Å². The highest BCUT2D eigenvalue weighted by Crippen LogP contribution is 2.36. The quantitative estimate of drug-likeness (QED) is 0.761. The van der Waals surface area contributed by atoms with Gasteiger partial charge < -0.3 is 4.90 Å². The summed E-state index contributed by atoms with van der Waals surface area (Å²) >= 11 is 3.10. The molecule has 0 fully saturated rings. The monoisotopic (exact) mass is 363 g/mol. The standard InChI is InChI=1S/C12H11BrFNO4S/c1-2-20(18,19)4-3-15-10-8(11(16)12(15)17)5-7(14)6-9(10)13/h5-6H,2-4H2,1H3. The highest BCUT2D eigenvalue weighted by atomic mass is 79.9. The molecule has 8 heteroatoms. The molecule has 0 spiro atoms. The molecule has 1 amide bonds.